The van der Waals surface area contributed by atoms with Gasteiger partial charge in [0, 0.05) is 18.4 Å². The zero-order valence-corrected chi connectivity index (χ0v) is 10.1. The van der Waals surface area contributed by atoms with E-state index >= 15 is 0 Å². The number of carbonyl (C=O) groups excluding carboxylic acids is 2. The summed E-state index contributed by atoms with van der Waals surface area (Å²) in [6.07, 6.45) is 6.53. The Morgan fingerprint density at radius 2 is 2.12 bits per heavy atom. The monoisotopic (exact) mass is 224 g/mol. The first-order chi connectivity index (χ1) is 7.63. The van der Waals surface area contributed by atoms with Crippen molar-refractivity contribution in [3.8, 4) is 0 Å². The topological polar surface area (TPSA) is 43.4 Å². The molecule has 1 heterocycles. The van der Waals surface area contributed by atoms with Crippen molar-refractivity contribution in [3.63, 3.8) is 0 Å². The lowest BCUT2D eigenvalue weighted by Gasteiger charge is -2.00. The fourth-order valence-corrected chi connectivity index (χ4v) is 1.79. The molecule has 16 heavy (non-hydrogen) atoms. The Hall–Kier alpha value is -1.12. The second kappa shape index (κ2) is 6.46. The number of hydrogen-bond donors (Lipinski definition) is 0. The van der Waals surface area contributed by atoms with Crippen molar-refractivity contribution in [3.05, 3.63) is 11.6 Å². The van der Waals surface area contributed by atoms with E-state index in [2.05, 4.69) is 6.92 Å². The summed E-state index contributed by atoms with van der Waals surface area (Å²) in [5.74, 6) is -0.00411. The van der Waals surface area contributed by atoms with Gasteiger partial charge in [0.05, 0.1) is 0 Å². The van der Waals surface area contributed by atoms with E-state index in [9.17, 15) is 9.59 Å². The molecule has 0 fully saturated rings. The van der Waals surface area contributed by atoms with Gasteiger partial charge < -0.3 is 4.74 Å². The predicted octanol–water partition coefficient (Wildman–Crippen LogP) is 2.79. The first-order valence-corrected chi connectivity index (χ1v) is 6.07. The van der Waals surface area contributed by atoms with Crippen molar-refractivity contribution < 1.29 is 14.3 Å². The van der Waals surface area contributed by atoms with Crippen molar-refractivity contribution in [2.24, 2.45) is 0 Å². The molecule has 0 amide bonds. The molecule has 0 unspecified atom stereocenters. The Morgan fingerprint density at radius 3 is 2.69 bits per heavy atom. The van der Waals surface area contributed by atoms with Gasteiger partial charge in [-0.3, -0.25) is 4.79 Å². The molecular formula is C13H20O3. The van der Waals surface area contributed by atoms with E-state index in [0.29, 0.717) is 24.8 Å². The van der Waals surface area contributed by atoms with Crippen LogP contribution >= 0.6 is 0 Å². The van der Waals surface area contributed by atoms with E-state index in [-0.39, 0.29) is 17.9 Å². The molecule has 0 spiro atoms. The normalized spacial score (nSPS) is 19.5. The van der Waals surface area contributed by atoms with Crippen molar-refractivity contribution in [2.45, 2.75) is 58.5 Å². The molecule has 0 radical (unpaired) electrons. The van der Waals surface area contributed by atoms with Crippen LogP contribution in [0.1, 0.15) is 52.4 Å². The molecule has 0 saturated heterocycles. The van der Waals surface area contributed by atoms with Crippen LogP contribution in [0.2, 0.25) is 0 Å². The lowest BCUT2D eigenvalue weighted by atomic mass is 10.0. The van der Waals surface area contributed by atoms with Gasteiger partial charge in [0.1, 0.15) is 11.9 Å². The maximum Gasteiger partial charge on any atom is 0.334 e. The van der Waals surface area contributed by atoms with Crippen molar-refractivity contribution in [1.29, 1.82) is 0 Å². The largest absolute Gasteiger partial charge is 0.455 e. The van der Waals surface area contributed by atoms with Crippen LogP contribution < -0.4 is 0 Å². The quantitative estimate of drug-likeness (QED) is 0.493. The van der Waals surface area contributed by atoms with Crippen LogP contribution in [0.3, 0.4) is 0 Å². The van der Waals surface area contributed by atoms with Crippen LogP contribution in [0.15, 0.2) is 11.6 Å². The second-order valence-electron chi connectivity index (χ2n) is 4.30. The van der Waals surface area contributed by atoms with Crippen LogP contribution in [-0.2, 0) is 14.3 Å². The maximum absolute atomic E-state index is 11.5. The Bertz CT molecular complexity index is 292. The Morgan fingerprint density at radius 1 is 1.38 bits per heavy atom. The smallest absolute Gasteiger partial charge is 0.334 e. The number of ether oxygens (including phenoxy) is 1. The minimum absolute atomic E-state index is 0.127. The van der Waals surface area contributed by atoms with Gasteiger partial charge in [-0.15, -0.1) is 0 Å². The predicted molar refractivity (Wildman–Crippen MR) is 62.0 cm³/mol. The average molecular weight is 224 g/mol. The summed E-state index contributed by atoms with van der Waals surface area (Å²) in [7, 11) is 0. The summed E-state index contributed by atoms with van der Waals surface area (Å²) in [6, 6.07) is 0. The van der Waals surface area contributed by atoms with E-state index in [1.54, 1.807) is 0 Å². The molecule has 0 saturated carbocycles. The molecule has 0 aliphatic carbocycles. The molecule has 0 N–H and O–H groups in total. The fourth-order valence-electron chi connectivity index (χ4n) is 1.79. The Labute approximate surface area is 96.9 Å². The van der Waals surface area contributed by atoms with Crippen LogP contribution in [0.5, 0.6) is 0 Å². The van der Waals surface area contributed by atoms with Gasteiger partial charge in [-0.05, 0) is 25.8 Å². The van der Waals surface area contributed by atoms with Crippen LogP contribution in [0, 0.1) is 0 Å². The summed E-state index contributed by atoms with van der Waals surface area (Å²) in [5, 5.41) is 0. The highest BCUT2D eigenvalue weighted by Crippen LogP contribution is 2.18. The lowest BCUT2D eigenvalue weighted by Crippen LogP contribution is -2.05. The third kappa shape index (κ3) is 4.17. The number of esters is 1. The third-order valence-corrected chi connectivity index (χ3v) is 2.72. The first-order valence-electron chi connectivity index (χ1n) is 6.07. The standard InChI is InChI=1S/C13H20O3/c1-3-4-5-6-12(14)8-7-11-9-10(2)16-13(11)15/h9-10H,3-8H2,1-2H3/t10-/m0/s1. The molecule has 3 nitrogen and oxygen atoms in total. The van der Waals surface area contributed by atoms with Gasteiger partial charge in [-0.2, -0.15) is 0 Å². The van der Waals surface area contributed by atoms with Crippen LogP contribution in [0.25, 0.3) is 0 Å². The van der Waals surface area contributed by atoms with Gasteiger partial charge in [0.15, 0.2) is 0 Å². The molecule has 0 aromatic carbocycles. The first kappa shape index (κ1) is 12.9. The summed E-state index contributed by atoms with van der Waals surface area (Å²) >= 11 is 0. The number of rotatable bonds is 7. The molecule has 90 valence electrons. The van der Waals surface area contributed by atoms with Crippen LogP contribution in [0.4, 0.5) is 0 Å². The van der Waals surface area contributed by atoms with Gasteiger partial charge in [-0.1, -0.05) is 19.8 Å². The van der Waals surface area contributed by atoms with E-state index in [0.717, 1.165) is 19.3 Å². The molecule has 1 rings (SSSR count). The molecule has 0 bridgehead atoms. The maximum atomic E-state index is 11.5. The summed E-state index contributed by atoms with van der Waals surface area (Å²) in [5.41, 5.74) is 0.663. The number of Topliss-reactive ketones (excluding diaryl/α,β-unsaturated/α-hetero) is 1. The Kier molecular flexibility index (Phi) is 5.23. The average Bonchev–Trinajstić information content (AvgIpc) is 2.55. The van der Waals surface area contributed by atoms with E-state index in [1.165, 1.54) is 0 Å². The minimum atomic E-state index is -0.256. The highest BCUT2D eigenvalue weighted by molar-refractivity contribution is 5.91. The number of ketones is 1. The van der Waals surface area contributed by atoms with Gasteiger partial charge in [0.25, 0.3) is 0 Å². The summed E-state index contributed by atoms with van der Waals surface area (Å²) in [4.78, 5) is 22.7. The van der Waals surface area contributed by atoms with Crippen molar-refractivity contribution in [1.82, 2.24) is 0 Å². The number of carbonyl (C=O) groups is 2. The van der Waals surface area contributed by atoms with E-state index in [4.69, 9.17) is 4.74 Å². The molecular weight excluding hydrogens is 204 g/mol. The minimum Gasteiger partial charge on any atom is -0.455 e. The summed E-state index contributed by atoms with van der Waals surface area (Å²) in [6.45, 7) is 3.94. The SMILES string of the molecule is CCCCCC(=O)CCC1=C[C@H](C)OC1=O. The molecule has 0 aromatic heterocycles. The molecule has 1 atom stereocenters. The van der Waals surface area contributed by atoms with Crippen LogP contribution in [-0.4, -0.2) is 17.9 Å². The number of unbranched alkanes of at least 4 members (excludes halogenated alkanes) is 2. The number of cyclic esters (lactones) is 1. The zero-order chi connectivity index (χ0) is 12.0. The van der Waals surface area contributed by atoms with Gasteiger partial charge in [-0.25, -0.2) is 4.79 Å². The summed E-state index contributed by atoms with van der Waals surface area (Å²) < 4.78 is 4.96. The third-order valence-electron chi connectivity index (χ3n) is 2.72. The second-order valence-corrected chi connectivity index (χ2v) is 4.30. The number of hydrogen-bond acceptors (Lipinski definition) is 3. The van der Waals surface area contributed by atoms with Crippen molar-refractivity contribution in [2.75, 3.05) is 0 Å². The highest BCUT2D eigenvalue weighted by atomic mass is 16.5. The van der Waals surface area contributed by atoms with Gasteiger partial charge in [0.2, 0.25) is 0 Å². The molecule has 0 aromatic rings. The highest BCUT2D eigenvalue weighted by Gasteiger charge is 2.22. The molecule has 1 aliphatic heterocycles. The fraction of sp³-hybridized carbons (Fsp3) is 0.692. The van der Waals surface area contributed by atoms with Gasteiger partial charge >= 0.3 is 5.97 Å². The Balaban J connectivity index is 2.21. The van der Waals surface area contributed by atoms with E-state index in [1.807, 2.05) is 13.0 Å². The molecule has 1 aliphatic rings. The van der Waals surface area contributed by atoms with Crippen molar-refractivity contribution >= 4 is 11.8 Å². The lowest BCUT2D eigenvalue weighted by molar-refractivity contribution is -0.139. The van der Waals surface area contributed by atoms with E-state index < -0.39 is 0 Å². The zero-order valence-electron chi connectivity index (χ0n) is 10.1. The molecule has 3 heteroatoms.